The molecule has 0 aliphatic carbocycles. The molecular formula is C10H7ClN2O4. The molecule has 1 aromatic carbocycles. The molecule has 0 fully saturated rings. The van der Waals surface area contributed by atoms with E-state index in [1.165, 1.54) is 0 Å². The van der Waals surface area contributed by atoms with Gasteiger partial charge in [0.25, 0.3) is 5.69 Å². The zero-order valence-electron chi connectivity index (χ0n) is 8.77. The second kappa shape index (κ2) is 5.27. The number of benzene rings is 1. The minimum Gasteiger partial charge on any atom is -0.462 e. The Hall–Kier alpha value is -2.13. The van der Waals surface area contributed by atoms with Crippen molar-refractivity contribution in [1.82, 2.24) is 0 Å². The standard InChI is InChI=1S/C10H7ClN2O4/c1-2-17-10(14)6-3-4-8(13(15)16)9(11)7(6)5-12/h3-4H,2H2,1H3. The molecule has 0 bridgehead atoms. The van der Waals surface area contributed by atoms with Gasteiger partial charge in [-0.3, -0.25) is 10.1 Å². The molecule has 1 aromatic rings. The van der Waals surface area contributed by atoms with E-state index < -0.39 is 16.6 Å². The van der Waals surface area contributed by atoms with Crippen LogP contribution in [-0.4, -0.2) is 17.5 Å². The van der Waals surface area contributed by atoms with Crippen LogP contribution in [0.1, 0.15) is 22.8 Å². The predicted octanol–water partition coefficient (Wildman–Crippen LogP) is 2.30. The van der Waals surface area contributed by atoms with Crippen molar-refractivity contribution >= 4 is 23.3 Å². The Kier molecular flexibility index (Phi) is 4.01. The minimum absolute atomic E-state index is 0.0787. The number of carbonyl (C=O) groups is 1. The highest BCUT2D eigenvalue weighted by molar-refractivity contribution is 6.34. The maximum Gasteiger partial charge on any atom is 0.339 e. The number of nitrogens with zero attached hydrogens (tertiary/aromatic N) is 2. The van der Waals surface area contributed by atoms with Crippen molar-refractivity contribution in [2.75, 3.05) is 6.61 Å². The second-order valence-corrected chi connectivity index (χ2v) is 3.29. The highest BCUT2D eigenvalue weighted by atomic mass is 35.5. The Labute approximate surface area is 102 Å². The molecule has 0 spiro atoms. The van der Waals surface area contributed by atoms with E-state index in [-0.39, 0.29) is 22.8 Å². The van der Waals surface area contributed by atoms with Crippen LogP contribution in [0.2, 0.25) is 5.02 Å². The van der Waals surface area contributed by atoms with Crippen molar-refractivity contribution in [3.63, 3.8) is 0 Å². The molecule has 0 radical (unpaired) electrons. The Bertz CT molecular complexity index is 522. The average molecular weight is 255 g/mol. The van der Waals surface area contributed by atoms with Gasteiger partial charge in [0.2, 0.25) is 0 Å². The van der Waals surface area contributed by atoms with E-state index in [1.807, 2.05) is 0 Å². The number of ether oxygens (including phenoxy) is 1. The molecule has 6 nitrogen and oxygen atoms in total. The third-order valence-electron chi connectivity index (χ3n) is 1.93. The molecule has 1 rings (SSSR count). The fourth-order valence-corrected chi connectivity index (χ4v) is 1.47. The highest BCUT2D eigenvalue weighted by Gasteiger charge is 2.23. The van der Waals surface area contributed by atoms with Crippen molar-refractivity contribution in [1.29, 1.82) is 5.26 Å². The van der Waals surface area contributed by atoms with Crippen molar-refractivity contribution < 1.29 is 14.5 Å². The van der Waals surface area contributed by atoms with Gasteiger partial charge in [-0.15, -0.1) is 0 Å². The molecule has 0 aromatic heterocycles. The lowest BCUT2D eigenvalue weighted by Gasteiger charge is -2.05. The zero-order valence-corrected chi connectivity index (χ0v) is 9.52. The molecule has 0 aliphatic rings. The number of hydrogen-bond acceptors (Lipinski definition) is 5. The lowest BCUT2D eigenvalue weighted by molar-refractivity contribution is -0.384. The van der Waals surface area contributed by atoms with E-state index in [9.17, 15) is 14.9 Å². The van der Waals surface area contributed by atoms with Crippen LogP contribution in [0.25, 0.3) is 0 Å². The van der Waals surface area contributed by atoms with Crippen LogP contribution in [0.4, 0.5) is 5.69 Å². The SMILES string of the molecule is CCOC(=O)c1ccc([N+](=O)[O-])c(Cl)c1C#N. The van der Waals surface area contributed by atoms with Crippen molar-refractivity contribution in [2.24, 2.45) is 0 Å². The monoisotopic (exact) mass is 254 g/mol. The van der Waals surface area contributed by atoms with Crippen molar-refractivity contribution in [2.45, 2.75) is 6.92 Å². The summed E-state index contributed by atoms with van der Waals surface area (Å²) in [4.78, 5) is 21.3. The van der Waals surface area contributed by atoms with Gasteiger partial charge in [-0.05, 0) is 13.0 Å². The quantitative estimate of drug-likeness (QED) is 0.469. The van der Waals surface area contributed by atoms with Crippen LogP contribution in [-0.2, 0) is 4.74 Å². The molecule has 0 saturated carbocycles. The summed E-state index contributed by atoms with van der Waals surface area (Å²) in [5.74, 6) is -0.735. The van der Waals surface area contributed by atoms with Gasteiger partial charge >= 0.3 is 5.97 Å². The van der Waals surface area contributed by atoms with Gasteiger partial charge in [-0.25, -0.2) is 4.79 Å². The number of rotatable bonds is 3. The van der Waals surface area contributed by atoms with Crippen molar-refractivity contribution in [3.8, 4) is 6.07 Å². The van der Waals surface area contributed by atoms with Crippen molar-refractivity contribution in [3.05, 3.63) is 38.4 Å². The normalized spacial score (nSPS) is 9.47. The first kappa shape index (κ1) is 12.9. The third kappa shape index (κ3) is 2.52. The van der Waals surface area contributed by atoms with Gasteiger partial charge in [-0.1, -0.05) is 11.6 Å². The third-order valence-corrected chi connectivity index (χ3v) is 2.31. The van der Waals surface area contributed by atoms with Gasteiger partial charge in [0, 0.05) is 6.07 Å². The van der Waals surface area contributed by atoms with E-state index in [0.29, 0.717) is 0 Å². The largest absolute Gasteiger partial charge is 0.462 e. The molecular weight excluding hydrogens is 248 g/mol. The van der Waals surface area contributed by atoms with Crippen LogP contribution in [0.15, 0.2) is 12.1 Å². The summed E-state index contributed by atoms with van der Waals surface area (Å²) in [6, 6.07) is 3.88. The van der Waals surface area contributed by atoms with E-state index in [0.717, 1.165) is 12.1 Å². The Morgan fingerprint density at radius 1 is 1.65 bits per heavy atom. The molecule has 0 heterocycles. The zero-order chi connectivity index (χ0) is 13.0. The summed E-state index contributed by atoms with van der Waals surface area (Å²) in [7, 11) is 0. The number of esters is 1. The maximum absolute atomic E-state index is 11.5. The number of carbonyl (C=O) groups excluding carboxylic acids is 1. The van der Waals surface area contributed by atoms with Crippen LogP contribution in [0.5, 0.6) is 0 Å². The molecule has 0 unspecified atom stereocenters. The molecule has 7 heteroatoms. The summed E-state index contributed by atoms with van der Waals surface area (Å²) >= 11 is 5.68. The highest BCUT2D eigenvalue weighted by Crippen LogP contribution is 2.30. The van der Waals surface area contributed by atoms with Crippen LogP contribution >= 0.6 is 11.6 Å². The minimum atomic E-state index is -0.735. The van der Waals surface area contributed by atoms with E-state index >= 15 is 0 Å². The van der Waals surface area contributed by atoms with Gasteiger partial charge < -0.3 is 4.74 Å². The molecule has 0 aliphatic heterocycles. The maximum atomic E-state index is 11.5. The first-order valence-electron chi connectivity index (χ1n) is 4.57. The Morgan fingerprint density at radius 2 is 2.29 bits per heavy atom. The first-order chi connectivity index (χ1) is 8.02. The summed E-state index contributed by atoms with van der Waals surface area (Å²) in [6.07, 6.45) is 0. The smallest absolute Gasteiger partial charge is 0.339 e. The van der Waals surface area contributed by atoms with Crippen LogP contribution in [0.3, 0.4) is 0 Å². The lowest BCUT2D eigenvalue weighted by atomic mass is 10.1. The van der Waals surface area contributed by atoms with E-state index in [1.54, 1.807) is 13.0 Å². The number of nitriles is 1. The number of nitro groups is 1. The molecule has 0 saturated heterocycles. The summed E-state index contributed by atoms with van der Waals surface area (Å²) in [5.41, 5.74) is -0.750. The van der Waals surface area contributed by atoms with Gasteiger partial charge in [0.1, 0.15) is 11.1 Å². The topological polar surface area (TPSA) is 93.2 Å². The fourth-order valence-electron chi connectivity index (χ4n) is 1.19. The molecule has 0 amide bonds. The summed E-state index contributed by atoms with van der Waals surface area (Å²) in [6.45, 7) is 1.75. The summed E-state index contributed by atoms with van der Waals surface area (Å²) in [5, 5.41) is 19.1. The first-order valence-corrected chi connectivity index (χ1v) is 4.94. The van der Waals surface area contributed by atoms with Crippen LogP contribution < -0.4 is 0 Å². The Morgan fingerprint density at radius 3 is 2.76 bits per heavy atom. The molecule has 0 atom stereocenters. The van der Waals surface area contributed by atoms with Crippen LogP contribution in [0, 0.1) is 21.4 Å². The van der Waals surface area contributed by atoms with Gasteiger partial charge in [0.05, 0.1) is 22.7 Å². The fraction of sp³-hybridized carbons (Fsp3) is 0.200. The molecule has 0 N–H and O–H groups in total. The molecule has 88 valence electrons. The van der Waals surface area contributed by atoms with Gasteiger partial charge in [-0.2, -0.15) is 5.26 Å². The number of halogens is 1. The second-order valence-electron chi connectivity index (χ2n) is 2.91. The average Bonchev–Trinajstić information content (AvgIpc) is 2.28. The van der Waals surface area contributed by atoms with E-state index in [2.05, 4.69) is 0 Å². The lowest BCUT2D eigenvalue weighted by Crippen LogP contribution is -2.08. The summed E-state index contributed by atoms with van der Waals surface area (Å²) < 4.78 is 4.71. The number of hydrogen-bond donors (Lipinski definition) is 0. The predicted molar refractivity (Wildman–Crippen MR) is 58.8 cm³/mol. The van der Waals surface area contributed by atoms with Gasteiger partial charge in [0.15, 0.2) is 0 Å². The number of nitro benzene ring substituents is 1. The Balaban J connectivity index is 3.37. The molecule has 17 heavy (non-hydrogen) atoms. The van der Waals surface area contributed by atoms with E-state index in [4.69, 9.17) is 21.6 Å².